The van der Waals surface area contributed by atoms with E-state index in [1.165, 1.54) is 18.4 Å². The van der Waals surface area contributed by atoms with Gasteiger partial charge in [0, 0.05) is 10.0 Å². The van der Waals surface area contributed by atoms with Crippen LogP contribution in [0, 0.1) is 5.92 Å². The smallest absolute Gasteiger partial charge is 0.0534 e. The Morgan fingerprint density at radius 3 is 2.77 bits per heavy atom. The van der Waals surface area contributed by atoms with Gasteiger partial charge in [-0.25, -0.2) is 0 Å². The first kappa shape index (κ1) is 8.82. The van der Waals surface area contributed by atoms with E-state index in [0.29, 0.717) is 5.92 Å². The van der Waals surface area contributed by atoms with Crippen LogP contribution in [-0.2, 0) is 0 Å². The molecule has 1 aromatic rings. The van der Waals surface area contributed by atoms with Crippen molar-refractivity contribution in [2.24, 2.45) is 5.92 Å². The fourth-order valence-electron chi connectivity index (χ4n) is 1.47. The largest absolute Gasteiger partial charge is 0.397 e. The van der Waals surface area contributed by atoms with E-state index in [9.17, 15) is 0 Å². The van der Waals surface area contributed by atoms with Gasteiger partial charge in [0.05, 0.1) is 5.69 Å². The van der Waals surface area contributed by atoms with E-state index in [0.717, 1.165) is 15.7 Å². The van der Waals surface area contributed by atoms with Crippen LogP contribution < -0.4 is 5.73 Å². The molecule has 68 valence electrons. The Hall–Kier alpha value is -0.760. The van der Waals surface area contributed by atoms with Crippen molar-refractivity contribution in [1.82, 2.24) is 0 Å². The van der Waals surface area contributed by atoms with Gasteiger partial charge in [-0.15, -0.1) is 0 Å². The molecule has 0 radical (unpaired) electrons. The molecule has 1 aromatic carbocycles. The Bertz CT molecular complexity index is 353. The summed E-state index contributed by atoms with van der Waals surface area (Å²) in [6.07, 6.45) is 2.54. The molecular formula is C11H12BrN. The van der Waals surface area contributed by atoms with Gasteiger partial charge < -0.3 is 5.73 Å². The molecule has 1 aliphatic rings. The molecule has 0 heterocycles. The molecule has 2 heteroatoms. The number of rotatable bonds is 2. The maximum Gasteiger partial charge on any atom is 0.0534 e. The Morgan fingerprint density at radius 1 is 1.46 bits per heavy atom. The van der Waals surface area contributed by atoms with Gasteiger partial charge in [-0.3, -0.25) is 0 Å². The van der Waals surface area contributed by atoms with Crippen LogP contribution in [0.1, 0.15) is 18.4 Å². The highest BCUT2D eigenvalue weighted by atomic mass is 79.9. The van der Waals surface area contributed by atoms with Crippen LogP contribution in [-0.4, -0.2) is 0 Å². The van der Waals surface area contributed by atoms with E-state index in [1.807, 2.05) is 18.2 Å². The summed E-state index contributed by atoms with van der Waals surface area (Å²) in [6.45, 7) is 4.09. The lowest BCUT2D eigenvalue weighted by molar-refractivity contribution is 1.15. The lowest BCUT2D eigenvalue weighted by Gasteiger charge is -2.08. The molecular weight excluding hydrogens is 226 g/mol. The van der Waals surface area contributed by atoms with Crippen LogP contribution >= 0.6 is 15.9 Å². The molecule has 2 rings (SSSR count). The van der Waals surface area contributed by atoms with Crippen molar-refractivity contribution in [3.63, 3.8) is 0 Å². The Balaban J connectivity index is 2.38. The van der Waals surface area contributed by atoms with Crippen LogP contribution in [0.3, 0.4) is 0 Å². The molecule has 0 aliphatic heterocycles. The molecule has 13 heavy (non-hydrogen) atoms. The molecule has 0 atom stereocenters. The normalized spacial score (nSPS) is 15.8. The number of nitrogens with two attached hydrogens (primary N) is 1. The molecule has 2 N–H and O–H groups in total. The number of para-hydroxylation sites is 1. The van der Waals surface area contributed by atoms with Crippen LogP contribution in [0.5, 0.6) is 0 Å². The third-order valence-electron chi connectivity index (χ3n) is 2.47. The Kier molecular flexibility index (Phi) is 2.16. The third kappa shape index (κ3) is 1.63. The number of benzene rings is 1. The average molecular weight is 238 g/mol. The monoisotopic (exact) mass is 237 g/mol. The van der Waals surface area contributed by atoms with Gasteiger partial charge in [-0.2, -0.15) is 0 Å². The van der Waals surface area contributed by atoms with E-state index in [1.54, 1.807) is 0 Å². The molecule has 0 unspecified atom stereocenters. The Morgan fingerprint density at radius 2 is 2.15 bits per heavy atom. The summed E-state index contributed by atoms with van der Waals surface area (Å²) in [5.41, 5.74) is 9.06. The summed E-state index contributed by atoms with van der Waals surface area (Å²) in [5.74, 6) is 0.677. The second-order valence-electron chi connectivity index (χ2n) is 3.50. The summed E-state index contributed by atoms with van der Waals surface area (Å²) < 4.78 is 0.965. The topological polar surface area (TPSA) is 26.0 Å². The minimum Gasteiger partial charge on any atom is -0.397 e. The molecule has 1 aliphatic carbocycles. The van der Waals surface area contributed by atoms with Gasteiger partial charge in [-0.05, 0) is 46.3 Å². The molecule has 1 nitrogen and oxygen atoms in total. The number of hydrogen-bond acceptors (Lipinski definition) is 1. The van der Waals surface area contributed by atoms with Crippen molar-refractivity contribution in [2.45, 2.75) is 12.8 Å². The zero-order valence-electron chi connectivity index (χ0n) is 7.39. The van der Waals surface area contributed by atoms with Crippen molar-refractivity contribution in [2.75, 3.05) is 5.73 Å². The number of hydrogen-bond donors (Lipinski definition) is 1. The van der Waals surface area contributed by atoms with Gasteiger partial charge in [0.2, 0.25) is 0 Å². The fourth-order valence-corrected chi connectivity index (χ4v) is 1.83. The number of nitrogen functional groups attached to an aromatic ring is 1. The zero-order chi connectivity index (χ0) is 9.42. The predicted octanol–water partition coefficient (Wildman–Crippen LogP) is 3.45. The molecule has 1 fully saturated rings. The standard InChI is InChI=1S/C11H12BrN/c1-7(8-5-6-8)9-3-2-4-10(12)11(9)13/h2-4,8H,1,5-6,13H2. The molecule has 0 spiro atoms. The van der Waals surface area contributed by atoms with E-state index < -0.39 is 0 Å². The molecule has 0 aromatic heterocycles. The van der Waals surface area contributed by atoms with Crippen molar-refractivity contribution in [3.8, 4) is 0 Å². The van der Waals surface area contributed by atoms with Gasteiger partial charge in [0.25, 0.3) is 0 Å². The van der Waals surface area contributed by atoms with E-state index >= 15 is 0 Å². The van der Waals surface area contributed by atoms with Crippen molar-refractivity contribution in [1.29, 1.82) is 0 Å². The summed E-state index contributed by atoms with van der Waals surface area (Å²) in [5, 5.41) is 0. The van der Waals surface area contributed by atoms with E-state index in [-0.39, 0.29) is 0 Å². The van der Waals surface area contributed by atoms with Gasteiger partial charge in [0.15, 0.2) is 0 Å². The average Bonchev–Trinajstić information content (AvgIpc) is 2.91. The lowest BCUT2D eigenvalue weighted by atomic mass is 10.0. The SMILES string of the molecule is C=C(c1cccc(Br)c1N)C1CC1. The first-order chi connectivity index (χ1) is 6.20. The number of anilines is 1. The molecule has 0 bridgehead atoms. The van der Waals surface area contributed by atoms with Crippen LogP contribution in [0.15, 0.2) is 29.3 Å². The molecule has 0 saturated heterocycles. The lowest BCUT2D eigenvalue weighted by Crippen LogP contribution is -1.95. The Labute approximate surface area is 86.8 Å². The quantitative estimate of drug-likeness (QED) is 0.784. The van der Waals surface area contributed by atoms with Crippen molar-refractivity contribution < 1.29 is 0 Å². The zero-order valence-corrected chi connectivity index (χ0v) is 8.97. The van der Waals surface area contributed by atoms with E-state index in [2.05, 4.69) is 22.5 Å². The van der Waals surface area contributed by atoms with Crippen molar-refractivity contribution in [3.05, 3.63) is 34.8 Å². The number of halogens is 1. The van der Waals surface area contributed by atoms with E-state index in [4.69, 9.17) is 5.73 Å². The van der Waals surface area contributed by atoms with Gasteiger partial charge in [-0.1, -0.05) is 18.7 Å². The first-order valence-corrected chi connectivity index (χ1v) is 5.22. The van der Waals surface area contributed by atoms with Crippen molar-refractivity contribution >= 4 is 27.2 Å². The second kappa shape index (κ2) is 3.18. The van der Waals surface area contributed by atoms with Crippen LogP contribution in [0.25, 0.3) is 5.57 Å². The summed E-state index contributed by atoms with van der Waals surface area (Å²) in [4.78, 5) is 0. The maximum atomic E-state index is 5.94. The highest BCUT2D eigenvalue weighted by Crippen LogP contribution is 2.43. The molecule has 1 saturated carbocycles. The first-order valence-electron chi connectivity index (χ1n) is 4.43. The maximum absolute atomic E-state index is 5.94. The van der Waals surface area contributed by atoms with Gasteiger partial charge >= 0.3 is 0 Å². The minimum absolute atomic E-state index is 0.677. The highest BCUT2D eigenvalue weighted by Gasteiger charge is 2.26. The third-order valence-corrected chi connectivity index (χ3v) is 3.16. The summed E-state index contributed by atoms with van der Waals surface area (Å²) >= 11 is 3.42. The van der Waals surface area contributed by atoms with Crippen LogP contribution in [0.4, 0.5) is 5.69 Å². The summed E-state index contributed by atoms with van der Waals surface area (Å²) in [6, 6.07) is 6.00. The van der Waals surface area contributed by atoms with Gasteiger partial charge in [0.1, 0.15) is 0 Å². The highest BCUT2D eigenvalue weighted by molar-refractivity contribution is 9.10. The fraction of sp³-hybridized carbons (Fsp3) is 0.273. The second-order valence-corrected chi connectivity index (χ2v) is 4.35. The van der Waals surface area contributed by atoms with Crippen LogP contribution in [0.2, 0.25) is 0 Å². The minimum atomic E-state index is 0.677. The molecule has 0 amide bonds. The predicted molar refractivity (Wildman–Crippen MR) is 60.3 cm³/mol. The number of allylic oxidation sites excluding steroid dienone is 1. The summed E-state index contributed by atoms with van der Waals surface area (Å²) in [7, 11) is 0.